The molecule has 0 saturated carbocycles. The maximum atomic E-state index is 2.30. The zero-order valence-electron chi connectivity index (χ0n) is 11.0. The van der Waals surface area contributed by atoms with Crippen LogP contribution in [-0.4, -0.2) is 0 Å². The maximum absolute atomic E-state index is 2.30. The first-order valence-corrected chi connectivity index (χ1v) is 6.28. The highest BCUT2D eigenvalue weighted by atomic mass is 14.3. The summed E-state index contributed by atoms with van der Waals surface area (Å²) in [6.45, 7) is 8.92. The van der Waals surface area contributed by atoms with Gasteiger partial charge in [-0.25, -0.2) is 0 Å². The van der Waals surface area contributed by atoms with Gasteiger partial charge in [-0.2, -0.15) is 0 Å². The van der Waals surface area contributed by atoms with Gasteiger partial charge in [0.2, 0.25) is 0 Å². The largest absolute Gasteiger partial charge is 0.0587 e. The summed E-state index contributed by atoms with van der Waals surface area (Å²) in [5.41, 5.74) is 11.7. The van der Waals surface area contributed by atoms with Gasteiger partial charge in [0, 0.05) is 0 Å². The third-order valence-corrected chi connectivity index (χ3v) is 4.19. The zero-order chi connectivity index (χ0) is 12.2. The molecular formula is C17H18. The summed E-state index contributed by atoms with van der Waals surface area (Å²) in [7, 11) is 0. The Morgan fingerprint density at radius 3 is 2.12 bits per heavy atom. The molecule has 0 nitrogen and oxygen atoms in total. The van der Waals surface area contributed by atoms with Gasteiger partial charge in [-0.3, -0.25) is 0 Å². The monoisotopic (exact) mass is 222 g/mol. The van der Waals surface area contributed by atoms with Gasteiger partial charge in [-0.15, -0.1) is 0 Å². The molecule has 0 bridgehead atoms. The summed E-state index contributed by atoms with van der Waals surface area (Å²) in [5, 5.41) is 0. The Morgan fingerprint density at radius 2 is 1.35 bits per heavy atom. The van der Waals surface area contributed by atoms with Crippen LogP contribution in [0.4, 0.5) is 0 Å². The lowest BCUT2D eigenvalue weighted by atomic mass is 9.93. The number of benzene rings is 2. The molecule has 0 N–H and O–H groups in total. The third-order valence-electron chi connectivity index (χ3n) is 4.19. The minimum Gasteiger partial charge on any atom is -0.0587 e. The van der Waals surface area contributed by atoms with Crippen molar-refractivity contribution < 1.29 is 0 Å². The molecule has 0 heteroatoms. The molecule has 0 aromatic heterocycles. The first-order valence-electron chi connectivity index (χ1n) is 6.28. The van der Waals surface area contributed by atoms with Crippen molar-refractivity contribution >= 4 is 0 Å². The minimum atomic E-state index is 1.11. The Balaban J connectivity index is 2.41. The average Bonchev–Trinajstić information content (AvgIpc) is 2.70. The van der Waals surface area contributed by atoms with E-state index in [9.17, 15) is 0 Å². The quantitative estimate of drug-likeness (QED) is 0.525. The molecule has 2 aromatic carbocycles. The van der Waals surface area contributed by atoms with Crippen LogP contribution in [0.15, 0.2) is 24.3 Å². The Labute approximate surface area is 103 Å². The predicted molar refractivity (Wildman–Crippen MR) is 73.6 cm³/mol. The van der Waals surface area contributed by atoms with E-state index in [2.05, 4.69) is 52.0 Å². The fourth-order valence-corrected chi connectivity index (χ4v) is 3.00. The van der Waals surface area contributed by atoms with E-state index in [0.29, 0.717) is 0 Å². The summed E-state index contributed by atoms with van der Waals surface area (Å²) < 4.78 is 0. The third kappa shape index (κ3) is 1.37. The number of hydrogen-bond acceptors (Lipinski definition) is 0. The topological polar surface area (TPSA) is 0 Å². The molecule has 0 aliphatic heterocycles. The zero-order valence-corrected chi connectivity index (χ0v) is 11.0. The van der Waals surface area contributed by atoms with Crippen LogP contribution in [0.1, 0.15) is 33.4 Å². The molecule has 0 unspecified atom stereocenters. The predicted octanol–water partition coefficient (Wildman–Crippen LogP) is 4.49. The van der Waals surface area contributed by atoms with Crippen LogP contribution in [0, 0.1) is 27.7 Å². The van der Waals surface area contributed by atoms with E-state index >= 15 is 0 Å². The Kier molecular flexibility index (Phi) is 2.16. The van der Waals surface area contributed by atoms with Crippen molar-refractivity contribution in [2.24, 2.45) is 0 Å². The van der Waals surface area contributed by atoms with Crippen LogP contribution in [0.5, 0.6) is 0 Å². The highest BCUT2D eigenvalue weighted by Gasteiger charge is 2.23. The summed E-state index contributed by atoms with van der Waals surface area (Å²) in [6, 6.07) is 9.06. The lowest BCUT2D eigenvalue weighted by molar-refractivity contribution is 1.20. The molecule has 0 radical (unpaired) electrons. The molecule has 0 fully saturated rings. The van der Waals surface area contributed by atoms with E-state index < -0.39 is 0 Å². The molecular weight excluding hydrogens is 204 g/mol. The number of fused-ring (bicyclic) bond motifs is 3. The first kappa shape index (κ1) is 10.6. The second kappa shape index (κ2) is 3.46. The molecule has 1 aliphatic carbocycles. The molecule has 2 aromatic rings. The number of hydrogen-bond donors (Lipinski definition) is 0. The number of rotatable bonds is 0. The molecule has 0 heterocycles. The molecule has 17 heavy (non-hydrogen) atoms. The van der Waals surface area contributed by atoms with Gasteiger partial charge in [0.1, 0.15) is 0 Å². The number of aryl methyl sites for hydroxylation is 3. The Morgan fingerprint density at radius 1 is 0.706 bits per heavy atom. The van der Waals surface area contributed by atoms with Crippen molar-refractivity contribution in [3.63, 3.8) is 0 Å². The summed E-state index contributed by atoms with van der Waals surface area (Å²) in [5.74, 6) is 0. The molecule has 0 amide bonds. The van der Waals surface area contributed by atoms with Crippen molar-refractivity contribution in [3.05, 3.63) is 57.6 Å². The highest BCUT2D eigenvalue weighted by Crippen LogP contribution is 2.42. The van der Waals surface area contributed by atoms with E-state index in [1.807, 2.05) is 0 Å². The Hall–Kier alpha value is -1.56. The molecule has 3 rings (SSSR count). The summed E-state index contributed by atoms with van der Waals surface area (Å²) >= 11 is 0. The molecule has 0 spiro atoms. The second-order valence-corrected chi connectivity index (χ2v) is 5.27. The van der Waals surface area contributed by atoms with Crippen molar-refractivity contribution in [1.29, 1.82) is 0 Å². The fourth-order valence-electron chi connectivity index (χ4n) is 3.00. The minimum absolute atomic E-state index is 1.11. The normalized spacial score (nSPS) is 12.5. The van der Waals surface area contributed by atoms with Gasteiger partial charge >= 0.3 is 0 Å². The van der Waals surface area contributed by atoms with Gasteiger partial charge in [0.25, 0.3) is 0 Å². The van der Waals surface area contributed by atoms with Crippen LogP contribution < -0.4 is 0 Å². The average molecular weight is 222 g/mol. The standard InChI is InChI=1S/C17H18/c1-10-7-8-14-9-15-11(2)5-6-12(3)16(15)17(14)13(10)4/h5-8H,9H2,1-4H3. The van der Waals surface area contributed by atoms with Crippen LogP contribution in [0.25, 0.3) is 11.1 Å². The molecule has 86 valence electrons. The van der Waals surface area contributed by atoms with Crippen LogP contribution in [0.3, 0.4) is 0 Å². The molecule has 1 aliphatic rings. The lowest BCUT2D eigenvalue weighted by Crippen LogP contribution is -1.90. The van der Waals surface area contributed by atoms with E-state index in [1.165, 1.54) is 44.5 Å². The van der Waals surface area contributed by atoms with E-state index in [4.69, 9.17) is 0 Å². The van der Waals surface area contributed by atoms with Gasteiger partial charge in [0.05, 0.1) is 0 Å². The van der Waals surface area contributed by atoms with Gasteiger partial charge in [-0.1, -0.05) is 24.3 Å². The van der Waals surface area contributed by atoms with E-state index in [1.54, 1.807) is 0 Å². The van der Waals surface area contributed by atoms with Gasteiger partial charge < -0.3 is 0 Å². The molecule has 0 atom stereocenters. The van der Waals surface area contributed by atoms with Crippen LogP contribution >= 0.6 is 0 Å². The van der Waals surface area contributed by atoms with Crippen LogP contribution in [-0.2, 0) is 6.42 Å². The van der Waals surface area contributed by atoms with Gasteiger partial charge in [-0.05, 0) is 78.6 Å². The van der Waals surface area contributed by atoms with Crippen molar-refractivity contribution in [3.8, 4) is 11.1 Å². The summed E-state index contributed by atoms with van der Waals surface area (Å²) in [6.07, 6.45) is 1.11. The smallest absolute Gasteiger partial charge is 0.00106 e. The molecule has 0 saturated heterocycles. The Bertz CT molecular complexity index is 618. The first-order chi connectivity index (χ1) is 8.09. The summed E-state index contributed by atoms with van der Waals surface area (Å²) in [4.78, 5) is 0. The van der Waals surface area contributed by atoms with Crippen molar-refractivity contribution in [2.75, 3.05) is 0 Å². The van der Waals surface area contributed by atoms with Crippen molar-refractivity contribution in [2.45, 2.75) is 34.1 Å². The fraction of sp³-hybridized carbons (Fsp3) is 0.294. The van der Waals surface area contributed by atoms with Gasteiger partial charge in [0.15, 0.2) is 0 Å². The SMILES string of the molecule is Cc1ccc2c(c1C)-c1c(C)ccc(C)c1C2. The maximum Gasteiger partial charge on any atom is -0.00106 e. The second-order valence-electron chi connectivity index (χ2n) is 5.27. The highest BCUT2D eigenvalue weighted by molar-refractivity contribution is 5.83. The van der Waals surface area contributed by atoms with Crippen LogP contribution in [0.2, 0.25) is 0 Å². The lowest BCUT2D eigenvalue weighted by Gasteiger charge is -2.11. The van der Waals surface area contributed by atoms with E-state index in [-0.39, 0.29) is 0 Å². The van der Waals surface area contributed by atoms with E-state index in [0.717, 1.165) is 6.42 Å². The van der Waals surface area contributed by atoms with Crippen molar-refractivity contribution in [1.82, 2.24) is 0 Å².